The number of benzene rings is 1. The molecule has 0 spiro atoms. The predicted octanol–water partition coefficient (Wildman–Crippen LogP) is 3.49. The van der Waals surface area contributed by atoms with Gasteiger partial charge in [-0.2, -0.15) is 0 Å². The van der Waals surface area contributed by atoms with Crippen LogP contribution in [0.2, 0.25) is 0 Å². The van der Waals surface area contributed by atoms with Gasteiger partial charge in [0.1, 0.15) is 5.75 Å². The van der Waals surface area contributed by atoms with Crippen LogP contribution in [0.1, 0.15) is 44.1 Å². The van der Waals surface area contributed by atoms with Crippen molar-refractivity contribution < 1.29 is 9.53 Å². The van der Waals surface area contributed by atoms with E-state index in [1.54, 1.807) is 0 Å². The lowest BCUT2D eigenvalue weighted by molar-refractivity contribution is -0.135. The van der Waals surface area contributed by atoms with Crippen LogP contribution in [0.4, 0.5) is 0 Å². The normalized spacial score (nSPS) is 18.1. The monoisotopic (exact) mass is 218 g/mol. The Balaban J connectivity index is 0.000000162. The molecule has 86 valence electrons. The molecule has 1 saturated carbocycles. The number of esters is 1. The number of carbonyl (C=O) groups excluding carboxylic acids is 1. The number of ether oxygens (including phenoxy) is 1. The minimum atomic E-state index is -0.122. The van der Waals surface area contributed by atoms with E-state index < -0.39 is 0 Å². The maximum atomic E-state index is 10.8. The summed E-state index contributed by atoms with van der Waals surface area (Å²) in [4.78, 5) is 10.8. The van der Waals surface area contributed by atoms with Gasteiger partial charge in [-0.3, -0.25) is 4.79 Å². The molecule has 0 atom stereocenters. The van der Waals surface area contributed by atoms with E-state index in [0.717, 1.165) is 17.7 Å². The smallest absolute Gasteiger partial charge is 0.311 e. The van der Waals surface area contributed by atoms with Crippen molar-refractivity contribution in [3.63, 3.8) is 0 Å². The van der Waals surface area contributed by atoms with Gasteiger partial charge in [0.05, 0.1) is 6.42 Å². The van der Waals surface area contributed by atoms with Crippen molar-refractivity contribution in [1.82, 2.24) is 0 Å². The summed E-state index contributed by atoms with van der Waals surface area (Å²) in [6.45, 7) is 0. The molecule has 1 fully saturated rings. The molecule has 0 aromatic heterocycles. The molecule has 2 heteroatoms. The first-order valence-corrected chi connectivity index (χ1v) is 6.15. The van der Waals surface area contributed by atoms with E-state index >= 15 is 0 Å². The largest absolute Gasteiger partial charge is 0.426 e. The van der Waals surface area contributed by atoms with Gasteiger partial charge >= 0.3 is 5.97 Å². The Labute approximate surface area is 96.6 Å². The fourth-order valence-corrected chi connectivity index (χ4v) is 2.10. The zero-order valence-electron chi connectivity index (χ0n) is 9.58. The van der Waals surface area contributed by atoms with E-state index in [1.165, 1.54) is 32.1 Å². The molecule has 1 aliphatic carbocycles. The number of aryl methyl sites for hydroxylation is 1. The van der Waals surface area contributed by atoms with Gasteiger partial charge in [0.15, 0.2) is 0 Å². The van der Waals surface area contributed by atoms with E-state index in [4.69, 9.17) is 4.74 Å². The summed E-state index contributed by atoms with van der Waals surface area (Å²) in [7, 11) is 0. The van der Waals surface area contributed by atoms with Crippen LogP contribution in [0, 0.1) is 0 Å². The van der Waals surface area contributed by atoms with Crippen LogP contribution in [0.3, 0.4) is 0 Å². The Morgan fingerprint density at radius 1 is 0.875 bits per heavy atom. The summed E-state index contributed by atoms with van der Waals surface area (Å²) in [5, 5.41) is 0. The second-order valence-electron chi connectivity index (χ2n) is 4.35. The summed E-state index contributed by atoms with van der Waals surface area (Å²) < 4.78 is 4.99. The van der Waals surface area contributed by atoms with Crippen molar-refractivity contribution >= 4 is 5.97 Å². The standard InChI is InChI=1S/C9H8O2.C5H10/c10-9-6-5-7-3-1-2-4-8(7)11-9;1-2-4-5-3-1/h1-4H,5-6H2;1-5H2. The molecule has 0 bridgehead atoms. The minimum Gasteiger partial charge on any atom is -0.426 e. The molecule has 0 amide bonds. The number of hydrogen-bond acceptors (Lipinski definition) is 2. The third-order valence-corrected chi connectivity index (χ3v) is 3.04. The van der Waals surface area contributed by atoms with E-state index in [9.17, 15) is 4.79 Å². The average molecular weight is 218 g/mol. The Morgan fingerprint density at radius 3 is 2.19 bits per heavy atom. The summed E-state index contributed by atoms with van der Waals surface area (Å²) in [6, 6.07) is 7.64. The maximum Gasteiger partial charge on any atom is 0.311 e. The molecular weight excluding hydrogens is 200 g/mol. The summed E-state index contributed by atoms with van der Waals surface area (Å²) in [5.74, 6) is 0.604. The maximum absolute atomic E-state index is 10.8. The van der Waals surface area contributed by atoms with Crippen LogP contribution in [-0.4, -0.2) is 5.97 Å². The molecule has 1 aromatic rings. The zero-order chi connectivity index (χ0) is 11.2. The molecule has 16 heavy (non-hydrogen) atoms. The number of fused-ring (bicyclic) bond motifs is 1. The lowest BCUT2D eigenvalue weighted by Crippen LogP contribution is -2.15. The highest BCUT2D eigenvalue weighted by atomic mass is 16.5. The van der Waals surface area contributed by atoms with E-state index in [-0.39, 0.29) is 5.97 Å². The van der Waals surface area contributed by atoms with Crippen molar-refractivity contribution in [2.24, 2.45) is 0 Å². The Hall–Kier alpha value is -1.31. The van der Waals surface area contributed by atoms with Crippen molar-refractivity contribution in [1.29, 1.82) is 0 Å². The van der Waals surface area contributed by atoms with Crippen molar-refractivity contribution in [2.45, 2.75) is 44.9 Å². The van der Waals surface area contributed by atoms with Gasteiger partial charge in [0, 0.05) is 0 Å². The van der Waals surface area contributed by atoms with Crippen LogP contribution in [0.15, 0.2) is 24.3 Å². The Morgan fingerprint density at radius 2 is 1.50 bits per heavy atom. The quantitative estimate of drug-likeness (QED) is 0.492. The third kappa shape index (κ3) is 3.09. The molecule has 1 heterocycles. The van der Waals surface area contributed by atoms with Gasteiger partial charge in [-0.1, -0.05) is 50.3 Å². The SMILES string of the molecule is C1CCCC1.O=C1CCc2ccccc2O1. The highest BCUT2D eigenvalue weighted by Gasteiger charge is 2.15. The number of para-hydroxylation sites is 1. The molecule has 3 rings (SSSR count). The highest BCUT2D eigenvalue weighted by molar-refractivity contribution is 5.75. The summed E-state index contributed by atoms with van der Waals surface area (Å²) in [6.07, 6.45) is 8.83. The number of rotatable bonds is 0. The topological polar surface area (TPSA) is 26.3 Å². The van der Waals surface area contributed by atoms with Gasteiger partial charge in [-0.05, 0) is 18.1 Å². The Bertz CT molecular complexity index is 346. The lowest BCUT2D eigenvalue weighted by atomic mass is 10.1. The second kappa shape index (κ2) is 5.69. The van der Waals surface area contributed by atoms with Crippen LogP contribution in [0.5, 0.6) is 5.75 Å². The first-order valence-electron chi connectivity index (χ1n) is 6.15. The molecule has 0 unspecified atom stereocenters. The minimum absolute atomic E-state index is 0.122. The van der Waals surface area contributed by atoms with Crippen LogP contribution < -0.4 is 4.74 Å². The van der Waals surface area contributed by atoms with E-state index in [0.29, 0.717) is 6.42 Å². The molecule has 0 radical (unpaired) electrons. The highest BCUT2D eigenvalue weighted by Crippen LogP contribution is 2.23. The van der Waals surface area contributed by atoms with Crippen LogP contribution >= 0.6 is 0 Å². The molecule has 1 aromatic carbocycles. The fraction of sp³-hybridized carbons (Fsp3) is 0.500. The second-order valence-corrected chi connectivity index (χ2v) is 4.35. The average Bonchev–Trinajstić information content (AvgIpc) is 2.87. The van der Waals surface area contributed by atoms with Crippen molar-refractivity contribution in [2.75, 3.05) is 0 Å². The summed E-state index contributed by atoms with van der Waals surface area (Å²) >= 11 is 0. The van der Waals surface area contributed by atoms with E-state index in [1.807, 2.05) is 24.3 Å². The van der Waals surface area contributed by atoms with Crippen LogP contribution in [0.25, 0.3) is 0 Å². The zero-order valence-corrected chi connectivity index (χ0v) is 9.58. The van der Waals surface area contributed by atoms with Crippen molar-refractivity contribution in [3.8, 4) is 5.75 Å². The summed E-state index contributed by atoms with van der Waals surface area (Å²) in [5.41, 5.74) is 1.13. The molecule has 1 aliphatic heterocycles. The van der Waals surface area contributed by atoms with Gasteiger partial charge < -0.3 is 4.74 Å². The fourth-order valence-electron chi connectivity index (χ4n) is 2.10. The molecular formula is C14H18O2. The first-order chi connectivity index (χ1) is 7.86. The van der Waals surface area contributed by atoms with Gasteiger partial charge in [-0.15, -0.1) is 0 Å². The molecule has 2 nitrogen and oxygen atoms in total. The Kier molecular flexibility index (Phi) is 3.97. The van der Waals surface area contributed by atoms with Gasteiger partial charge in [-0.25, -0.2) is 0 Å². The lowest BCUT2D eigenvalue weighted by Gasteiger charge is -2.13. The third-order valence-electron chi connectivity index (χ3n) is 3.04. The van der Waals surface area contributed by atoms with Gasteiger partial charge in [0.25, 0.3) is 0 Å². The molecule has 0 N–H and O–H groups in total. The molecule has 0 saturated heterocycles. The van der Waals surface area contributed by atoms with Crippen LogP contribution in [-0.2, 0) is 11.2 Å². The van der Waals surface area contributed by atoms with Gasteiger partial charge in [0.2, 0.25) is 0 Å². The molecule has 2 aliphatic rings. The first kappa shape index (κ1) is 11.2. The predicted molar refractivity (Wildman–Crippen MR) is 63.5 cm³/mol. The number of carbonyl (C=O) groups is 1. The number of hydrogen-bond donors (Lipinski definition) is 0. The van der Waals surface area contributed by atoms with Crippen molar-refractivity contribution in [3.05, 3.63) is 29.8 Å². The van der Waals surface area contributed by atoms with E-state index in [2.05, 4.69) is 0 Å².